The predicted molar refractivity (Wildman–Crippen MR) is 70.4 cm³/mol. The Kier molecular flexibility index (Phi) is 4.84. The van der Waals surface area contributed by atoms with Gasteiger partial charge in [0.15, 0.2) is 0 Å². The second-order valence-electron chi connectivity index (χ2n) is 5.36. The number of nitrogens with zero attached hydrogens (tertiary/aromatic N) is 1. The van der Waals surface area contributed by atoms with Crippen LogP contribution in [-0.2, 0) is 11.3 Å². The zero-order valence-electron chi connectivity index (χ0n) is 11.2. The van der Waals surface area contributed by atoms with E-state index in [1.165, 1.54) is 12.1 Å². The number of nitrogens with two attached hydrogens (primary N) is 1. The molecular formula is C14H21FN2O. The summed E-state index contributed by atoms with van der Waals surface area (Å²) in [6.45, 7) is 4.30. The van der Waals surface area contributed by atoms with Gasteiger partial charge in [0.1, 0.15) is 5.82 Å². The lowest BCUT2D eigenvalue weighted by molar-refractivity contribution is -0.130. The van der Waals surface area contributed by atoms with Crippen LogP contribution in [0.4, 0.5) is 4.39 Å². The molecule has 2 N–H and O–H groups in total. The van der Waals surface area contributed by atoms with E-state index in [1.54, 1.807) is 24.1 Å². The maximum absolute atomic E-state index is 12.7. The van der Waals surface area contributed by atoms with Crippen molar-refractivity contribution in [2.75, 3.05) is 7.05 Å². The monoisotopic (exact) mass is 252 g/mol. The lowest BCUT2D eigenvalue weighted by atomic mass is 10.00. The summed E-state index contributed by atoms with van der Waals surface area (Å²) in [6, 6.07) is 6.17. The molecule has 0 aliphatic carbocycles. The van der Waals surface area contributed by atoms with Crippen LogP contribution in [0.3, 0.4) is 0 Å². The normalized spacial score (nSPS) is 11.4. The van der Waals surface area contributed by atoms with Crippen molar-refractivity contribution in [1.82, 2.24) is 4.90 Å². The molecule has 1 aromatic rings. The third-order valence-corrected chi connectivity index (χ3v) is 2.74. The molecule has 0 saturated carbocycles. The van der Waals surface area contributed by atoms with Crippen molar-refractivity contribution in [2.24, 2.45) is 5.73 Å². The molecule has 0 bridgehead atoms. The summed E-state index contributed by atoms with van der Waals surface area (Å²) in [6.07, 6.45) is 1.08. The summed E-state index contributed by atoms with van der Waals surface area (Å²) in [5.74, 6) is -0.213. The van der Waals surface area contributed by atoms with Crippen LogP contribution >= 0.6 is 0 Å². The highest BCUT2D eigenvalue weighted by Gasteiger charge is 2.15. The molecule has 18 heavy (non-hydrogen) atoms. The third-order valence-electron chi connectivity index (χ3n) is 2.74. The van der Waals surface area contributed by atoms with Gasteiger partial charge in [-0.25, -0.2) is 4.39 Å². The number of amides is 1. The number of hydrogen-bond acceptors (Lipinski definition) is 2. The molecule has 1 amide bonds. The second kappa shape index (κ2) is 5.96. The number of halogens is 1. The fraction of sp³-hybridized carbons (Fsp3) is 0.500. The largest absolute Gasteiger partial charge is 0.341 e. The van der Waals surface area contributed by atoms with Crippen LogP contribution in [0.2, 0.25) is 0 Å². The summed E-state index contributed by atoms with van der Waals surface area (Å²) < 4.78 is 12.7. The highest BCUT2D eigenvalue weighted by Crippen LogP contribution is 2.11. The van der Waals surface area contributed by atoms with E-state index in [9.17, 15) is 9.18 Å². The maximum atomic E-state index is 12.7. The molecule has 0 fully saturated rings. The predicted octanol–water partition coefficient (Wildman–Crippen LogP) is 2.30. The Morgan fingerprint density at radius 2 is 1.89 bits per heavy atom. The van der Waals surface area contributed by atoms with Gasteiger partial charge >= 0.3 is 0 Å². The van der Waals surface area contributed by atoms with Crippen molar-refractivity contribution in [3.05, 3.63) is 35.6 Å². The van der Waals surface area contributed by atoms with Gasteiger partial charge in [-0.15, -0.1) is 0 Å². The van der Waals surface area contributed by atoms with Gasteiger partial charge < -0.3 is 10.6 Å². The summed E-state index contributed by atoms with van der Waals surface area (Å²) in [5.41, 5.74) is 6.43. The first-order valence-corrected chi connectivity index (χ1v) is 6.05. The molecule has 1 aromatic carbocycles. The van der Waals surface area contributed by atoms with E-state index in [0.29, 0.717) is 19.4 Å². The van der Waals surface area contributed by atoms with Gasteiger partial charge in [-0.3, -0.25) is 4.79 Å². The van der Waals surface area contributed by atoms with Crippen molar-refractivity contribution >= 4 is 5.91 Å². The standard InChI is InChI=1S/C14H21FN2O/c1-14(2,16)9-8-13(18)17(3)10-11-4-6-12(15)7-5-11/h4-7H,8-10,16H2,1-3H3. The maximum Gasteiger partial charge on any atom is 0.222 e. The molecule has 0 saturated heterocycles. The van der Waals surface area contributed by atoms with E-state index in [0.717, 1.165) is 5.56 Å². The molecule has 0 radical (unpaired) electrons. The highest BCUT2D eigenvalue weighted by atomic mass is 19.1. The Hall–Kier alpha value is -1.42. The average molecular weight is 252 g/mol. The van der Waals surface area contributed by atoms with E-state index in [-0.39, 0.29) is 17.3 Å². The van der Waals surface area contributed by atoms with Crippen molar-refractivity contribution in [2.45, 2.75) is 38.8 Å². The number of carbonyl (C=O) groups excluding carboxylic acids is 1. The molecule has 0 aliphatic rings. The second-order valence-corrected chi connectivity index (χ2v) is 5.36. The molecule has 100 valence electrons. The smallest absolute Gasteiger partial charge is 0.222 e. The topological polar surface area (TPSA) is 46.3 Å². The van der Waals surface area contributed by atoms with Gasteiger partial charge in [0.05, 0.1) is 0 Å². The average Bonchev–Trinajstić information content (AvgIpc) is 2.28. The van der Waals surface area contributed by atoms with Gasteiger partial charge in [0.2, 0.25) is 5.91 Å². The Morgan fingerprint density at radius 1 is 1.33 bits per heavy atom. The first-order chi connectivity index (χ1) is 8.28. The van der Waals surface area contributed by atoms with E-state index >= 15 is 0 Å². The van der Waals surface area contributed by atoms with Gasteiger partial charge in [-0.05, 0) is 38.0 Å². The number of hydrogen-bond donors (Lipinski definition) is 1. The third kappa shape index (κ3) is 5.27. The fourth-order valence-electron chi connectivity index (χ4n) is 1.57. The van der Waals surface area contributed by atoms with Crippen molar-refractivity contribution in [3.63, 3.8) is 0 Å². The van der Waals surface area contributed by atoms with Gasteiger partial charge in [-0.1, -0.05) is 12.1 Å². The summed E-state index contributed by atoms with van der Waals surface area (Å²) in [5, 5.41) is 0. The first kappa shape index (κ1) is 14.6. The van der Waals surface area contributed by atoms with Crippen molar-refractivity contribution in [3.8, 4) is 0 Å². The van der Waals surface area contributed by atoms with Gasteiger partial charge in [0.25, 0.3) is 0 Å². The molecule has 1 rings (SSSR count). The van der Waals surface area contributed by atoms with Crippen molar-refractivity contribution in [1.29, 1.82) is 0 Å². The van der Waals surface area contributed by atoms with E-state index in [4.69, 9.17) is 5.73 Å². The first-order valence-electron chi connectivity index (χ1n) is 6.05. The zero-order chi connectivity index (χ0) is 13.8. The number of rotatable bonds is 5. The molecule has 0 aromatic heterocycles. The van der Waals surface area contributed by atoms with E-state index < -0.39 is 0 Å². The molecule has 0 unspecified atom stereocenters. The van der Waals surface area contributed by atoms with E-state index in [2.05, 4.69) is 0 Å². The van der Waals surface area contributed by atoms with Crippen LogP contribution in [0, 0.1) is 5.82 Å². The Morgan fingerprint density at radius 3 is 2.39 bits per heavy atom. The number of benzene rings is 1. The zero-order valence-corrected chi connectivity index (χ0v) is 11.2. The van der Waals surface area contributed by atoms with Crippen molar-refractivity contribution < 1.29 is 9.18 Å². The Labute approximate surface area is 108 Å². The molecule has 3 nitrogen and oxygen atoms in total. The van der Waals surface area contributed by atoms with Crippen LogP contribution in [0.15, 0.2) is 24.3 Å². The molecule has 4 heteroatoms. The summed E-state index contributed by atoms with van der Waals surface area (Å²) in [7, 11) is 1.75. The molecule has 0 aliphatic heterocycles. The van der Waals surface area contributed by atoms with Crippen LogP contribution in [0.5, 0.6) is 0 Å². The van der Waals surface area contributed by atoms with Crippen LogP contribution in [-0.4, -0.2) is 23.4 Å². The molecule has 0 heterocycles. The summed E-state index contributed by atoms with van der Waals surface area (Å²) >= 11 is 0. The molecule has 0 atom stereocenters. The SMILES string of the molecule is CN(Cc1ccc(F)cc1)C(=O)CCC(C)(C)N. The van der Waals surface area contributed by atoms with Crippen LogP contribution < -0.4 is 5.73 Å². The van der Waals surface area contributed by atoms with Crippen LogP contribution in [0.25, 0.3) is 0 Å². The number of carbonyl (C=O) groups is 1. The minimum Gasteiger partial charge on any atom is -0.341 e. The minimum absolute atomic E-state index is 0.0536. The molecular weight excluding hydrogens is 231 g/mol. The minimum atomic E-state index is -0.327. The lowest BCUT2D eigenvalue weighted by Gasteiger charge is -2.21. The fourth-order valence-corrected chi connectivity index (χ4v) is 1.57. The van der Waals surface area contributed by atoms with Gasteiger partial charge in [0, 0.05) is 25.6 Å². The van der Waals surface area contributed by atoms with Gasteiger partial charge in [-0.2, -0.15) is 0 Å². The van der Waals surface area contributed by atoms with E-state index in [1.807, 2.05) is 13.8 Å². The quantitative estimate of drug-likeness (QED) is 0.874. The lowest BCUT2D eigenvalue weighted by Crippen LogP contribution is -2.34. The Balaban J connectivity index is 2.47. The highest BCUT2D eigenvalue weighted by molar-refractivity contribution is 5.75. The van der Waals surface area contributed by atoms with Crippen LogP contribution in [0.1, 0.15) is 32.3 Å². The summed E-state index contributed by atoms with van der Waals surface area (Å²) in [4.78, 5) is 13.5. The Bertz CT molecular complexity index is 395. The molecule has 0 spiro atoms.